The van der Waals surface area contributed by atoms with Gasteiger partial charge in [0.25, 0.3) is 0 Å². The van der Waals surface area contributed by atoms with Crippen LogP contribution in [-0.4, -0.2) is 7.11 Å². The summed E-state index contributed by atoms with van der Waals surface area (Å²) in [6, 6.07) is 6.04. The summed E-state index contributed by atoms with van der Waals surface area (Å²) in [7, 11) is 1.62. The van der Waals surface area contributed by atoms with Gasteiger partial charge in [-0.25, -0.2) is 0 Å². The highest BCUT2D eigenvalue weighted by atomic mass is 35.5. The average Bonchev–Trinajstić information content (AvgIpc) is 2.24. The first-order chi connectivity index (χ1) is 7.76. The third kappa shape index (κ3) is 2.17. The predicted octanol–water partition coefficient (Wildman–Crippen LogP) is 2.65. The molecule has 1 unspecified atom stereocenters. The van der Waals surface area contributed by atoms with Gasteiger partial charge in [-0.05, 0) is 36.5 Å². The molecule has 3 nitrogen and oxygen atoms in total. The quantitative estimate of drug-likeness (QED) is 0.628. The van der Waals surface area contributed by atoms with Gasteiger partial charge in [0.1, 0.15) is 5.75 Å². The summed E-state index contributed by atoms with van der Waals surface area (Å²) in [5.74, 6) is 6.96. The van der Waals surface area contributed by atoms with Crippen LogP contribution in [0, 0.1) is 5.92 Å². The van der Waals surface area contributed by atoms with Crippen molar-refractivity contribution in [2.24, 2.45) is 11.8 Å². The van der Waals surface area contributed by atoms with E-state index >= 15 is 0 Å². The summed E-state index contributed by atoms with van der Waals surface area (Å²) in [5.41, 5.74) is 4.04. The predicted molar refractivity (Wildman–Crippen MR) is 65.4 cm³/mol. The molecule has 0 heterocycles. The lowest BCUT2D eigenvalue weighted by atomic mass is 9.77. The minimum absolute atomic E-state index is 0.208. The first kappa shape index (κ1) is 11.7. The molecule has 0 aliphatic heterocycles. The number of hydrazine groups is 1. The second-order valence-corrected chi connectivity index (χ2v) is 4.64. The third-order valence-corrected chi connectivity index (χ3v) is 3.65. The molecule has 1 atom stereocenters. The fraction of sp³-hybridized carbons (Fsp3) is 0.500. The van der Waals surface area contributed by atoms with Gasteiger partial charge in [-0.1, -0.05) is 24.1 Å². The maximum atomic E-state index is 5.99. The second kappa shape index (κ2) is 5.04. The van der Waals surface area contributed by atoms with Crippen LogP contribution in [0.5, 0.6) is 5.75 Å². The van der Waals surface area contributed by atoms with Gasteiger partial charge in [0, 0.05) is 6.04 Å². The Hall–Kier alpha value is -0.770. The fourth-order valence-electron chi connectivity index (χ4n) is 2.15. The molecule has 0 bridgehead atoms. The molecular formula is C12H17ClN2O. The Kier molecular flexibility index (Phi) is 3.69. The van der Waals surface area contributed by atoms with Crippen LogP contribution in [0.3, 0.4) is 0 Å². The molecule has 0 saturated heterocycles. The lowest BCUT2D eigenvalue weighted by Crippen LogP contribution is -2.36. The number of hydrogen-bond donors (Lipinski definition) is 2. The first-order valence-electron chi connectivity index (χ1n) is 5.56. The zero-order chi connectivity index (χ0) is 11.5. The molecule has 0 spiro atoms. The molecule has 4 heteroatoms. The Balaban J connectivity index is 2.23. The standard InChI is InChI=1S/C12H17ClN2O/c1-16-11-7-9(5-6-10(11)13)12(15-14)8-3-2-4-8/h5-8,12,15H,2-4,14H2,1H3. The van der Waals surface area contributed by atoms with E-state index < -0.39 is 0 Å². The normalized spacial score (nSPS) is 17.9. The number of methoxy groups -OCH3 is 1. The van der Waals surface area contributed by atoms with Gasteiger partial charge >= 0.3 is 0 Å². The van der Waals surface area contributed by atoms with Gasteiger partial charge < -0.3 is 4.74 Å². The zero-order valence-electron chi connectivity index (χ0n) is 9.37. The van der Waals surface area contributed by atoms with E-state index in [1.807, 2.05) is 18.2 Å². The Morgan fingerprint density at radius 2 is 2.25 bits per heavy atom. The van der Waals surface area contributed by atoms with Crippen molar-refractivity contribution in [3.8, 4) is 5.75 Å². The van der Waals surface area contributed by atoms with Crippen molar-refractivity contribution in [2.45, 2.75) is 25.3 Å². The van der Waals surface area contributed by atoms with E-state index in [9.17, 15) is 0 Å². The summed E-state index contributed by atoms with van der Waals surface area (Å²) in [4.78, 5) is 0. The van der Waals surface area contributed by atoms with Crippen LogP contribution in [0.2, 0.25) is 5.02 Å². The summed E-state index contributed by atoms with van der Waals surface area (Å²) in [6.45, 7) is 0. The van der Waals surface area contributed by atoms with Crippen LogP contribution in [0.25, 0.3) is 0 Å². The van der Waals surface area contributed by atoms with Gasteiger partial charge in [0.15, 0.2) is 0 Å². The largest absolute Gasteiger partial charge is 0.495 e. The zero-order valence-corrected chi connectivity index (χ0v) is 10.1. The van der Waals surface area contributed by atoms with E-state index in [0.29, 0.717) is 16.7 Å². The molecule has 88 valence electrons. The van der Waals surface area contributed by atoms with Crippen molar-refractivity contribution in [1.82, 2.24) is 5.43 Å². The van der Waals surface area contributed by atoms with Crippen LogP contribution >= 0.6 is 11.6 Å². The Morgan fingerprint density at radius 3 is 2.75 bits per heavy atom. The summed E-state index contributed by atoms with van der Waals surface area (Å²) in [6.07, 6.45) is 3.77. The molecule has 0 aromatic heterocycles. The van der Waals surface area contributed by atoms with Crippen molar-refractivity contribution in [1.29, 1.82) is 0 Å². The van der Waals surface area contributed by atoms with Crippen molar-refractivity contribution in [3.63, 3.8) is 0 Å². The molecule has 1 saturated carbocycles. The van der Waals surface area contributed by atoms with E-state index in [2.05, 4.69) is 5.43 Å². The molecule has 1 aliphatic carbocycles. The second-order valence-electron chi connectivity index (χ2n) is 4.23. The number of halogens is 1. The minimum atomic E-state index is 0.208. The number of nitrogens with two attached hydrogens (primary N) is 1. The Morgan fingerprint density at radius 1 is 1.50 bits per heavy atom. The lowest BCUT2D eigenvalue weighted by molar-refractivity contribution is 0.232. The van der Waals surface area contributed by atoms with Crippen molar-refractivity contribution in [3.05, 3.63) is 28.8 Å². The average molecular weight is 241 g/mol. The van der Waals surface area contributed by atoms with E-state index in [-0.39, 0.29) is 6.04 Å². The molecule has 2 rings (SSSR count). The number of ether oxygens (including phenoxy) is 1. The maximum Gasteiger partial charge on any atom is 0.137 e. The highest BCUT2D eigenvalue weighted by molar-refractivity contribution is 6.32. The van der Waals surface area contributed by atoms with Gasteiger partial charge in [-0.3, -0.25) is 11.3 Å². The molecule has 1 aliphatic rings. The van der Waals surface area contributed by atoms with Crippen molar-refractivity contribution in [2.75, 3.05) is 7.11 Å². The Labute approximate surface area is 101 Å². The Bertz CT molecular complexity index is 366. The maximum absolute atomic E-state index is 5.99. The van der Waals surface area contributed by atoms with Crippen LogP contribution in [-0.2, 0) is 0 Å². The van der Waals surface area contributed by atoms with Gasteiger partial charge in [0.2, 0.25) is 0 Å². The number of rotatable bonds is 4. The molecule has 3 N–H and O–H groups in total. The first-order valence-corrected chi connectivity index (χ1v) is 5.93. The molecule has 16 heavy (non-hydrogen) atoms. The van der Waals surface area contributed by atoms with Gasteiger partial charge in [-0.2, -0.15) is 0 Å². The van der Waals surface area contributed by atoms with Gasteiger partial charge in [0.05, 0.1) is 12.1 Å². The summed E-state index contributed by atoms with van der Waals surface area (Å²) < 4.78 is 5.21. The molecule has 1 fully saturated rings. The van der Waals surface area contributed by atoms with Gasteiger partial charge in [-0.15, -0.1) is 0 Å². The van der Waals surface area contributed by atoms with Crippen LogP contribution in [0.15, 0.2) is 18.2 Å². The highest BCUT2D eigenvalue weighted by Crippen LogP contribution is 2.39. The minimum Gasteiger partial charge on any atom is -0.495 e. The van der Waals surface area contributed by atoms with Crippen LogP contribution < -0.4 is 16.0 Å². The fourth-order valence-corrected chi connectivity index (χ4v) is 2.34. The molecule has 0 radical (unpaired) electrons. The SMILES string of the molecule is COc1cc(C(NN)C2CCC2)ccc1Cl. The summed E-state index contributed by atoms with van der Waals surface area (Å²) >= 11 is 5.99. The smallest absolute Gasteiger partial charge is 0.137 e. The van der Waals surface area contributed by atoms with Crippen LogP contribution in [0.4, 0.5) is 0 Å². The van der Waals surface area contributed by atoms with E-state index in [1.54, 1.807) is 7.11 Å². The van der Waals surface area contributed by atoms with Crippen molar-refractivity contribution < 1.29 is 4.74 Å². The van der Waals surface area contributed by atoms with Crippen molar-refractivity contribution >= 4 is 11.6 Å². The van der Waals surface area contributed by atoms with E-state index in [1.165, 1.54) is 19.3 Å². The van der Waals surface area contributed by atoms with E-state index in [0.717, 1.165) is 5.56 Å². The van der Waals surface area contributed by atoms with Crippen LogP contribution in [0.1, 0.15) is 30.9 Å². The third-order valence-electron chi connectivity index (χ3n) is 3.34. The topological polar surface area (TPSA) is 47.3 Å². The number of nitrogens with one attached hydrogen (secondary N) is 1. The molecular weight excluding hydrogens is 224 g/mol. The lowest BCUT2D eigenvalue weighted by Gasteiger charge is -2.33. The number of hydrogen-bond acceptors (Lipinski definition) is 3. The molecule has 1 aromatic carbocycles. The number of benzene rings is 1. The monoisotopic (exact) mass is 240 g/mol. The van der Waals surface area contributed by atoms with E-state index in [4.69, 9.17) is 22.2 Å². The highest BCUT2D eigenvalue weighted by Gasteiger charge is 2.28. The molecule has 0 amide bonds. The summed E-state index contributed by atoms with van der Waals surface area (Å²) in [5, 5.41) is 0.635. The molecule has 1 aromatic rings.